The van der Waals surface area contributed by atoms with Crippen molar-refractivity contribution in [1.82, 2.24) is 10.6 Å². The summed E-state index contributed by atoms with van der Waals surface area (Å²) in [5, 5.41) is 6.68. The average molecular weight is 308 g/mol. The van der Waals surface area contributed by atoms with Gasteiger partial charge in [-0.05, 0) is 37.4 Å². The third-order valence-electron chi connectivity index (χ3n) is 4.65. The molecule has 1 aliphatic rings. The van der Waals surface area contributed by atoms with Crippen LogP contribution in [-0.2, 0) is 4.79 Å². The van der Waals surface area contributed by atoms with Gasteiger partial charge in [0.15, 0.2) is 0 Å². The van der Waals surface area contributed by atoms with Gasteiger partial charge >= 0.3 is 0 Å². The van der Waals surface area contributed by atoms with Crippen molar-refractivity contribution in [2.75, 3.05) is 6.54 Å². The molecule has 120 valence electrons. The molecule has 0 radical (unpaired) electrons. The van der Waals surface area contributed by atoms with Crippen LogP contribution in [-0.4, -0.2) is 18.5 Å². The van der Waals surface area contributed by atoms with E-state index >= 15 is 0 Å². The molecule has 0 spiro atoms. The van der Waals surface area contributed by atoms with Crippen molar-refractivity contribution in [2.24, 2.45) is 5.92 Å². The van der Waals surface area contributed by atoms with Crippen LogP contribution in [0.5, 0.6) is 0 Å². The first kappa shape index (κ1) is 15.8. The third kappa shape index (κ3) is 3.80. The molecule has 1 aliphatic heterocycles. The second kappa shape index (κ2) is 7.42. The molecular formula is C20H24N2O. The maximum Gasteiger partial charge on any atom is 0.225 e. The van der Waals surface area contributed by atoms with E-state index in [0.29, 0.717) is 0 Å². The Morgan fingerprint density at radius 2 is 1.61 bits per heavy atom. The van der Waals surface area contributed by atoms with Gasteiger partial charge in [-0.3, -0.25) is 4.79 Å². The quantitative estimate of drug-likeness (QED) is 0.910. The predicted molar refractivity (Wildman–Crippen MR) is 93.1 cm³/mol. The van der Waals surface area contributed by atoms with E-state index in [4.69, 9.17) is 0 Å². The molecule has 23 heavy (non-hydrogen) atoms. The molecule has 0 saturated carbocycles. The average Bonchev–Trinajstić information content (AvgIpc) is 2.61. The van der Waals surface area contributed by atoms with Gasteiger partial charge in [-0.1, -0.05) is 60.7 Å². The fraction of sp³-hybridized carbons (Fsp3) is 0.350. The summed E-state index contributed by atoms with van der Waals surface area (Å²) in [7, 11) is 0. The Bertz CT molecular complexity index is 587. The molecule has 2 aromatic rings. The van der Waals surface area contributed by atoms with E-state index in [1.54, 1.807) is 0 Å². The molecule has 3 nitrogen and oxygen atoms in total. The molecule has 0 aromatic heterocycles. The number of nitrogens with one attached hydrogen (secondary N) is 2. The summed E-state index contributed by atoms with van der Waals surface area (Å²) in [6.45, 7) is 3.11. The smallest absolute Gasteiger partial charge is 0.225 e. The van der Waals surface area contributed by atoms with Crippen LogP contribution < -0.4 is 10.6 Å². The second-order valence-corrected chi connectivity index (χ2v) is 6.25. The largest absolute Gasteiger partial charge is 0.345 e. The highest BCUT2D eigenvalue weighted by Gasteiger charge is 2.29. The van der Waals surface area contributed by atoms with Gasteiger partial charge in [-0.25, -0.2) is 0 Å². The summed E-state index contributed by atoms with van der Waals surface area (Å²) >= 11 is 0. The number of piperidine rings is 1. The Morgan fingerprint density at radius 3 is 2.13 bits per heavy atom. The number of carbonyl (C=O) groups is 1. The molecule has 1 saturated heterocycles. The minimum absolute atomic E-state index is 0.0404. The fourth-order valence-corrected chi connectivity index (χ4v) is 3.30. The monoisotopic (exact) mass is 308 g/mol. The second-order valence-electron chi connectivity index (χ2n) is 6.25. The number of carbonyl (C=O) groups excluding carboxylic acids is 1. The Balaban J connectivity index is 1.83. The summed E-state index contributed by atoms with van der Waals surface area (Å²) in [6.07, 6.45) is 2.01. The summed E-state index contributed by atoms with van der Waals surface area (Å²) in [4.78, 5) is 12.8. The van der Waals surface area contributed by atoms with E-state index in [1.807, 2.05) is 36.4 Å². The lowest BCUT2D eigenvalue weighted by Gasteiger charge is -2.31. The predicted octanol–water partition coefficient (Wildman–Crippen LogP) is 3.28. The summed E-state index contributed by atoms with van der Waals surface area (Å²) in [6, 6.07) is 20.5. The first-order valence-electron chi connectivity index (χ1n) is 8.39. The Hall–Kier alpha value is -2.13. The van der Waals surface area contributed by atoms with E-state index in [0.717, 1.165) is 30.5 Å². The first-order valence-corrected chi connectivity index (χ1v) is 8.39. The van der Waals surface area contributed by atoms with Crippen molar-refractivity contribution in [3.8, 4) is 0 Å². The van der Waals surface area contributed by atoms with Crippen LogP contribution in [0.3, 0.4) is 0 Å². The fourth-order valence-electron chi connectivity index (χ4n) is 3.30. The van der Waals surface area contributed by atoms with Crippen LogP contribution in [0.2, 0.25) is 0 Å². The van der Waals surface area contributed by atoms with Gasteiger partial charge in [0.2, 0.25) is 5.91 Å². The van der Waals surface area contributed by atoms with Gasteiger partial charge in [0.1, 0.15) is 0 Å². The van der Waals surface area contributed by atoms with E-state index < -0.39 is 0 Å². The molecule has 1 fully saturated rings. The van der Waals surface area contributed by atoms with Crippen LogP contribution in [0, 0.1) is 5.92 Å². The highest BCUT2D eigenvalue weighted by atomic mass is 16.2. The Kier molecular flexibility index (Phi) is 5.09. The van der Waals surface area contributed by atoms with Crippen molar-refractivity contribution in [3.05, 3.63) is 71.8 Å². The van der Waals surface area contributed by atoms with Crippen LogP contribution in [0.15, 0.2) is 60.7 Å². The number of hydrogen-bond donors (Lipinski definition) is 2. The zero-order valence-electron chi connectivity index (χ0n) is 13.5. The summed E-state index contributed by atoms with van der Waals surface area (Å²) < 4.78 is 0. The Morgan fingerprint density at radius 1 is 1.04 bits per heavy atom. The summed E-state index contributed by atoms with van der Waals surface area (Å²) in [5.74, 6) is 0.182. The molecule has 3 heteroatoms. The maximum absolute atomic E-state index is 12.8. The van der Waals surface area contributed by atoms with Gasteiger partial charge in [-0.2, -0.15) is 0 Å². The lowest BCUT2D eigenvalue weighted by molar-refractivity contribution is -0.127. The SMILES string of the molecule is CC1NCCCC1C(=O)NC(c1ccccc1)c1ccccc1. The molecule has 2 aromatic carbocycles. The van der Waals surface area contributed by atoms with Crippen LogP contribution >= 0.6 is 0 Å². The van der Waals surface area contributed by atoms with Crippen molar-refractivity contribution < 1.29 is 4.79 Å². The number of benzene rings is 2. The van der Waals surface area contributed by atoms with Crippen LogP contribution in [0.1, 0.15) is 36.9 Å². The Labute approximate surface area is 138 Å². The van der Waals surface area contributed by atoms with Crippen molar-refractivity contribution in [1.29, 1.82) is 0 Å². The molecule has 1 amide bonds. The molecule has 2 atom stereocenters. The maximum atomic E-state index is 12.8. The van der Waals surface area contributed by atoms with E-state index in [-0.39, 0.29) is 23.9 Å². The zero-order valence-corrected chi connectivity index (χ0v) is 13.5. The third-order valence-corrected chi connectivity index (χ3v) is 4.65. The summed E-state index contributed by atoms with van der Waals surface area (Å²) in [5.41, 5.74) is 2.23. The molecule has 1 heterocycles. The van der Waals surface area contributed by atoms with Gasteiger partial charge < -0.3 is 10.6 Å². The van der Waals surface area contributed by atoms with Crippen LogP contribution in [0.4, 0.5) is 0 Å². The van der Waals surface area contributed by atoms with Crippen molar-refractivity contribution in [2.45, 2.75) is 31.8 Å². The van der Waals surface area contributed by atoms with E-state index in [1.165, 1.54) is 0 Å². The topological polar surface area (TPSA) is 41.1 Å². The van der Waals surface area contributed by atoms with E-state index in [9.17, 15) is 4.79 Å². The van der Waals surface area contributed by atoms with Crippen molar-refractivity contribution in [3.63, 3.8) is 0 Å². The first-order chi connectivity index (χ1) is 11.3. The highest BCUT2D eigenvalue weighted by molar-refractivity contribution is 5.80. The van der Waals surface area contributed by atoms with Gasteiger partial charge in [0, 0.05) is 6.04 Å². The minimum Gasteiger partial charge on any atom is -0.345 e. The molecule has 2 N–H and O–H groups in total. The molecule has 0 aliphatic carbocycles. The standard InChI is InChI=1S/C20H24N2O/c1-15-18(13-8-14-21-15)20(23)22-19(16-9-4-2-5-10-16)17-11-6-3-7-12-17/h2-7,9-12,15,18-19,21H,8,13-14H2,1H3,(H,22,23). The van der Waals surface area contributed by atoms with Gasteiger partial charge in [0.25, 0.3) is 0 Å². The van der Waals surface area contributed by atoms with Gasteiger partial charge in [0.05, 0.1) is 12.0 Å². The van der Waals surface area contributed by atoms with Gasteiger partial charge in [-0.15, -0.1) is 0 Å². The minimum atomic E-state index is -0.0981. The zero-order chi connectivity index (χ0) is 16.1. The molecule has 0 bridgehead atoms. The molecule has 3 rings (SSSR count). The van der Waals surface area contributed by atoms with Crippen LogP contribution in [0.25, 0.3) is 0 Å². The molecule has 2 unspecified atom stereocenters. The number of rotatable bonds is 4. The lowest BCUT2D eigenvalue weighted by Crippen LogP contribution is -2.47. The van der Waals surface area contributed by atoms with Crippen molar-refractivity contribution >= 4 is 5.91 Å². The highest BCUT2D eigenvalue weighted by Crippen LogP contribution is 2.24. The van der Waals surface area contributed by atoms with E-state index in [2.05, 4.69) is 41.8 Å². The number of amides is 1. The molecular weight excluding hydrogens is 284 g/mol. The normalized spacial score (nSPS) is 21.1. The lowest BCUT2D eigenvalue weighted by atomic mass is 9.90. The number of hydrogen-bond acceptors (Lipinski definition) is 2.